The topological polar surface area (TPSA) is 116 Å². The Labute approximate surface area is 132 Å². The lowest BCUT2D eigenvalue weighted by molar-refractivity contribution is -0.384. The van der Waals surface area contributed by atoms with Crippen molar-refractivity contribution in [1.82, 2.24) is 25.7 Å². The molecule has 0 saturated carbocycles. The third-order valence-electron chi connectivity index (χ3n) is 3.90. The highest BCUT2D eigenvalue weighted by Gasteiger charge is 2.17. The van der Waals surface area contributed by atoms with E-state index in [9.17, 15) is 14.9 Å². The molecule has 1 amide bonds. The van der Waals surface area contributed by atoms with Gasteiger partial charge in [0.1, 0.15) is 0 Å². The van der Waals surface area contributed by atoms with Gasteiger partial charge in [0.2, 0.25) is 0 Å². The Morgan fingerprint density at radius 1 is 1.39 bits per heavy atom. The predicted octanol–water partition coefficient (Wildman–Crippen LogP) is 0.106. The van der Waals surface area contributed by atoms with Gasteiger partial charge in [-0.25, -0.2) is 0 Å². The van der Waals surface area contributed by atoms with E-state index in [0.717, 1.165) is 32.7 Å². The van der Waals surface area contributed by atoms with Crippen molar-refractivity contribution in [3.63, 3.8) is 0 Å². The number of H-pyrrole nitrogens is 1. The lowest BCUT2D eigenvalue weighted by Gasteiger charge is -2.26. The average molecular weight is 318 g/mol. The molecule has 1 aromatic heterocycles. The number of benzene rings is 1. The Hall–Kier alpha value is -2.52. The number of nitrogens with one attached hydrogen (secondary N) is 3. The zero-order chi connectivity index (χ0) is 16.2. The number of nitrogens with zero attached hydrogens (tertiary/aromatic N) is 3. The molecule has 23 heavy (non-hydrogen) atoms. The normalized spacial score (nSPS) is 15.7. The molecule has 0 atom stereocenters. The molecule has 3 N–H and O–H groups in total. The van der Waals surface area contributed by atoms with Gasteiger partial charge in [0, 0.05) is 56.8 Å². The summed E-state index contributed by atoms with van der Waals surface area (Å²) in [6.07, 6.45) is 0. The van der Waals surface area contributed by atoms with Gasteiger partial charge in [-0.3, -0.25) is 24.9 Å². The van der Waals surface area contributed by atoms with Crippen LogP contribution in [-0.4, -0.2) is 65.2 Å². The maximum atomic E-state index is 12.2. The number of rotatable bonds is 5. The summed E-state index contributed by atoms with van der Waals surface area (Å²) in [6, 6.07) is 4.30. The number of hydrogen-bond donors (Lipinski definition) is 3. The van der Waals surface area contributed by atoms with E-state index in [-0.39, 0.29) is 17.3 Å². The SMILES string of the molecule is O=C(NCCN1CCNCC1)c1n[nH]c2ccc([N+](=O)[O-])cc12. The zero-order valence-electron chi connectivity index (χ0n) is 12.5. The molecule has 1 fully saturated rings. The van der Waals surface area contributed by atoms with E-state index >= 15 is 0 Å². The van der Waals surface area contributed by atoms with Crippen LogP contribution >= 0.6 is 0 Å². The number of non-ortho nitro benzene ring substituents is 1. The molecule has 122 valence electrons. The lowest BCUT2D eigenvalue weighted by atomic mass is 10.2. The largest absolute Gasteiger partial charge is 0.349 e. The fourth-order valence-electron chi connectivity index (χ4n) is 2.63. The highest BCUT2D eigenvalue weighted by Crippen LogP contribution is 2.21. The van der Waals surface area contributed by atoms with Gasteiger partial charge in [-0.1, -0.05) is 0 Å². The van der Waals surface area contributed by atoms with Gasteiger partial charge in [-0.15, -0.1) is 0 Å². The molecule has 0 spiro atoms. The summed E-state index contributed by atoms with van der Waals surface area (Å²) >= 11 is 0. The van der Waals surface area contributed by atoms with Crippen LogP contribution in [0.15, 0.2) is 18.2 Å². The number of fused-ring (bicyclic) bond motifs is 1. The van der Waals surface area contributed by atoms with E-state index in [4.69, 9.17) is 0 Å². The Balaban J connectivity index is 1.65. The number of aromatic nitrogens is 2. The summed E-state index contributed by atoms with van der Waals surface area (Å²) in [5.41, 5.74) is 0.723. The van der Waals surface area contributed by atoms with Crippen LogP contribution in [0.3, 0.4) is 0 Å². The first-order valence-corrected chi connectivity index (χ1v) is 7.49. The summed E-state index contributed by atoms with van der Waals surface area (Å²) in [7, 11) is 0. The minimum Gasteiger partial charge on any atom is -0.349 e. The predicted molar refractivity (Wildman–Crippen MR) is 84.4 cm³/mol. The smallest absolute Gasteiger partial charge is 0.272 e. The van der Waals surface area contributed by atoms with E-state index in [1.54, 1.807) is 6.07 Å². The van der Waals surface area contributed by atoms with E-state index in [2.05, 4.69) is 25.7 Å². The molecule has 0 bridgehead atoms. The van der Waals surface area contributed by atoms with Crippen LogP contribution in [-0.2, 0) is 0 Å². The Morgan fingerprint density at radius 2 is 2.17 bits per heavy atom. The Morgan fingerprint density at radius 3 is 2.91 bits per heavy atom. The number of carbonyl (C=O) groups excluding carboxylic acids is 1. The van der Waals surface area contributed by atoms with Crippen molar-refractivity contribution >= 4 is 22.5 Å². The van der Waals surface area contributed by atoms with Crippen LogP contribution in [0.25, 0.3) is 10.9 Å². The fraction of sp³-hybridized carbons (Fsp3) is 0.429. The van der Waals surface area contributed by atoms with Crippen LogP contribution in [0.4, 0.5) is 5.69 Å². The number of carbonyl (C=O) groups is 1. The van der Waals surface area contributed by atoms with Crippen molar-refractivity contribution in [3.8, 4) is 0 Å². The Kier molecular flexibility index (Phi) is 4.49. The van der Waals surface area contributed by atoms with E-state index in [1.807, 2.05) is 0 Å². The summed E-state index contributed by atoms with van der Waals surface area (Å²) in [4.78, 5) is 24.9. The van der Waals surface area contributed by atoms with Gasteiger partial charge >= 0.3 is 0 Å². The van der Waals surface area contributed by atoms with Gasteiger partial charge in [-0.2, -0.15) is 5.10 Å². The molecule has 3 rings (SSSR count). The van der Waals surface area contributed by atoms with Gasteiger partial charge < -0.3 is 10.6 Å². The number of nitro groups is 1. The highest BCUT2D eigenvalue weighted by atomic mass is 16.6. The summed E-state index contributed by atoms with van der Waals surface area (Å²) in [5.74, 6) is -0.327. The quantitative estimate of drug-likeness (QED) is 0.532. The standard InChI is InChI=1S/C14H18N6O3/c21-14(16-5-8-19-6-3-15-4-7-19)13-11-9-10(20(22)23)1-2-12(11)17-18-13/h1-2,9,15H,3-8H2,(H,16,21)(H,17,18). The first-order valence-electron chi connectivity index (χ1n) is 7.49. The van der Waals surface area contributed by atoms with Crippen LogP contribution in [0, 0.1) is 10.1 Å². The molecule has 2 heterocycles. The summed E-state index contributed by atoms with van der Waals surface area (Å²) in [5, 5.41) is 24.1. The van der Waals surface area contributed by atoms with Crippen molar-refractivity contribution in [1.29, 1.82) is 0 Å². The molecule has 1 saturated heterocycles. The molecular formula is C14H18N6O3. The first kappa shape index (κ1) is 15.4. The van der Waals surface area contributed by atoms with Crippen LogP contribution in [0.2, 0.25) is 0 Å². The molecule has 1 aliphatic rings. The first-order chi connectivity index (χ1) is 11.1. The molecule has 0 radical (unpaired) electrons. The van der Waals surface area contributed by atoms with Crippen molar-refractivity contribution in [3.05, 3.63) is 34.0 Å². The van der Waals surface area contributed by atoms with Crippen LogP contribution in [0.5, 0.6) is 0 Å². The van der Waals surface area contributed by atoms with Crippen LogP contribution in [0.1, 0.15) is 10.5 Å². The molecule has 0 unspecified atom stereocenters. The monoisotopic (exact) mass is 318 g/mol. The molecule has 1 aliphatic heterocycles. The molecule has 0 aliphatic carbocycles. The lowest BCUT2D eigenvalue weighted by Crippen LogP contribution is -2.46. The number of amides is 1. The third-order valence-corrected chi connectivity index (χ3v) is 3.90. The number of piperazine rings is 1. The maximum Gasteiger partial charge on any atom is 0.272 e. The molecule has 9 nitrogen and oxygen atoms in total. The second-order valence-electron chi connectivity index (χ2n) is 5.41. The van der Waals surface area contributed by atoms with Gasteiger partial charge in [0.05, 0.1) is 10.4 Å². The van der Waals surface area contributed by atoms with Crippen LogP contribution < -0.4 is 10.6 Å². The Bertz CT molecular complexity index is 722. The van der Waals surface area contributed by atoms with Crippen molar-refractivity contribution < 1.29 is 9.72 Å². The third kappa shape index (κ3) is 3.46. The van der Waals surface area contributed by atoms with E-state index in [1.165, 1.54) is 12.1 Å². The van der Waals surface area contributed by atoms with Crippen molar-refractivity contribution in [2.24, 2.45) is 0 Å². The molecule has 2 aromatic rings. The second kappa shape index (κ2) is 6.71. The average Bonchev–Trinajstić information content (AvgIpc) is 2.98. The molecule has 9 heteroatoms. The highest BCUT2D eigenvalue weighted by molar-refractivity contribution is 6.05. The number of nitro benzene ring substituents is 1. The van der Waals surface area contributed by atoms with E-state index < -0.39 is 4.92 Å². The summed E-state index contributed by atoms with van der Waals surface area (Å²) < 4.78 is 0. The minimum absolute atomic E-state index is 0.0613. The van der Waals surface area contributed by atoms with Gasteiger partial charge in [-0.05, 0) is 6.07 Å². The zero-order valence-corrected chi connectivity index (χ0v) is 12.5. The summed E-state index contributed by atoms with van der Waals surface area (Å²) in [6.45, 7) is 5.14. The molecule has 1 aromatic carbocycles. The number of aromatic amines is 1. The second-order valence-corrected chi connectivity index (χ2v) is 5.41. The van der Waals surface area contributed by atoms with Gasteiger partial charge in [0.15, 0.2) is 5.69 Å². The van der Waals surface area contributed by atoms with E-state index in [0.29, 0.717) is 17.4 Å². The maximum absolute atomic E-state index is 12.2. The minimum atomic E-state index is -0.488. The molecular weight excluding hydrogens is 300 g/mol. The van der Waals surface area contributed by atoms with Crippen molar-refractivity contribution in [2.75, 3.05) is 39.3 Å². The fourth-order valence-corrected chi connectivity index (χ4v) is 2.63. The van der Waals surface area contributed by atoms with Crippen molar-refractivity contribution in [2.45, 2.75) is 0 Å². The van der Waals surface area contributed by atoms with Gasteiger partial charge in [0.25, 0.3) is 11.6 Å². The number of hydrogen-bond acceptors (Lipinski definition) is 6.